The second kappa shape index (κ2) is 8.28. The molecule has 8 heteroatoms. The van der Waals surface area contributed by atoms with Gasteiger partial charge in [-0.1, -0.05) is 24.3 Å². The molecule has 0 aromatic heterocycles. The van der Waals surface area contributed by atoms with Crippen molar-refractivity contribution in [3.8, 4) is 0 Å². The average molecular weight is 407 g/mol. The minimum absolute atomic E-state index is 0.0495. The van der Waals surface area contributed by atoms with E-state index in [2.05, 4.69) is 0 Å². The fraction of sp³-hybridized carbons (Fsp3) is 0.350. The van der Waals surface area contributed by atoms with E-state index in [1.807, 2.05) is 0 Å². The van der Waals surface area contributed by atoms with Gasteiger partial charge in [0.05, 0.1) is 24.2 Å². The number of sulfone groups is 1. The minimum Gasteiger partial charge on any atom is -0.465 e. The summed E-state index contributed by atoms with van der Waals surface area (Å²) in [6.07, 6.45) is 0.345. The molecule has 28 heavy (non-hydrogen) atoms. The summed E-state index contributed by atoms with van der Waals surface area (Å²) in [6, 6.07) is 12.6. The molecule has 0 bridgehead atoms. The van der Waals surface area contributed by atoms with Gasteiger partial charge in [-0.05, 0) is 41.8 Å². The van der Waals surface area contributed by atoms with Gasteiger partial charge < -0.3 is 14.7 Å². The van der Waals surface area contributed by atoms with Crippen LogP contribution in [-0.4, -0.2) is 50.0 Å². The van der Waals surface area contributed by atoms with Gasteiger partial charge in [-0.2, -0.15) is 0 Å². The lowest BCUT2D eigenvalue weighted by molar-refractivity contribution is -0.0199. The van der Waals surface area contributed by atoms with Gasteiger partial charge in [-0.15, -0.1) is 0 Å². The van der Waals surface area contributed by atoms with Gasteiger partial charge >= 0.3 is 6.09 Å². The van der Waals surface area contributed by atoms with E-state index in [1.54, 1.807) is 24.3 Å². The molecule has 1 fully saturated rings. The standard InChI is InChI=1S/C20H22FNO5S/c1-28(25,26)17-8-2-14(3-9-17)13-27-19-12-22(20(23)24)11-10-18(19)15-4-6-16(21)7-5-15/h2-9,18-19H,10-13H2,1H3,(H,23,24). The molecule has 2 aromatic rings. The molecule has 2 atom stereocenters. The maximum absolute atomic E-state index is 13.2. The van der Waals surface area contributed by atoms with Crippen LogP contribution in [-0.2, 0) is 21.2 Å². The van der Waals surface area contributed by atoms with Crippen molar-refractivity contribution in [2.24, 2.45) is 0 Å². The second-order valence-electron chi connectivity index (χ2n) is 6.94. The number of carbonyl (C=O) groups is 1. The molecule has 1 aliphatic heterocycles. The molecule has 0 radical (unpaired) electrons. The number of ether oxygens (including phenoxy) is 1. The zero-order valence-electron chi connectivity index (χ0n) is 15.4. The first-order valence-electron chi connectivity index (χ1n) is 8.88. The van der Waals surface area contributed by atoms with E-state index in [9.17, 15) is 22.7 Å². The van der Waals surface area contributed by atoms with Crippen LogP contribution >= 0.6 is 0 Å². The highest BCUT2D eigenvalue weighted by Crippen LogP contribution is 2.31. The van der Waals surface area contributed by atoms with Crippen LogP contribution < -0.4 is 0 Å². The van der Waals surface area contributed by atoms with E-state index in [1.165, 1.54) is 29.2 Å². The van der Waals surface area contributed by atoms with Crippen LogP contribution in [0.3, 0.4) is 0 Å². The van der Waals surface area contributed by atoms with Gasteiger partial charge in [0.15, 0.2) is 9.84 Å². The molecule has 1 amide bonds. The second-order valence-corrected chi connectivity index (χ2v) is 8.96. The number of piperidine rings is 1. The van der Waals surface area contributed by atoms with E-state index >= 15 is 0 Å². The van der Waals surface area contributed by atoms with Crippen molar-refractivity contribution in [2.75, 3.05) is 19.3 Å². The van der Waals surface area contributed by atoms with Crippen molar-refractivity contribution in [1.82, 2.24) is 4.90 Å². The van der Waals surface area contributed by atoms with Crippen molar-refractivity contribution in [2.45, 2.75) is 29.9 Å². The quantitative estimate of drug-likeness (QED) is 0.822. The Labute approximate surface area is 163 Å². The van der Waals surface area contributed by atoms with Crippen molar-refractivity contribution >= 4 is 15.9 Å². The SMILES string of the molecule is CS(=O)(=O)c1ccc(COC2CN(C(=O)O)CCC2c2ccc(F)cc2)cc1. The first-order valence-corrected chi connectivity index (χ1v) is 10.8. The van der Waals surface area contributed by atoms with E-state index < -0.39 is 15.9 Å². The number of carboxylic acid groups (broad SMARTS) is 1. The third-order valence-electron chi connectivity index (χ3n) is 4.94. The molecule has 150 valence electrons. The van der Waals surface area contributed by atoms with Gasteiger partial charge in [0, 0.05) is 18.7 Å². The molecule has 2 unspecified atom stereocenters. The van der Waals surface area contributed by atoms with Crippen molar-refractivity contribution in [3.63, 3.8) is 0 Å². The Kier molecular flexibility index (Phi) is 6.00. The molecule has 1 saturated heterocycles. The number of hydrogen-bond donors (Lipinski definition) is 1. The molecule has 0 spiro atoms. The number of nitrogens with zero attached hydrogens (tertiary/aromatic N) is 1. The summed E-state index contributed by atoms with van der Waals surface area (Å²) in [4.78, 5) is 12.9. The van der Waals surface area contributed by atoms with Crippen molar-refractivity contribution in [1.29, 1.82) is 0 Å². The topological polar surface area (TPSA) is 83.9 Å². The zero-order chi connectivity index (χ0) is 20.3. The molecular formula is C20H22FNO5S. The molecule has 1 aliphatic rings. The number of amides is 1. The smallest absolute Gasteiger partial charge is 0.407 e. The van der Waals surface area contributed by atoms with Crippen LogP contribution in [0.1, 0.15) is 23.5 Å². The van der Waals surface area contributed by atoms with Gasteiger partial charge in [0.25, 0.3) is 0 Å². The van der Waals surface area contributed by atoms with E-state index in [0.717, 1.165) is 17.4 Å². The number of halogens is 1. The Hall–Kier alpha value is -2.45. The number of rotatable bonds is 5. The van der Waals surface area contributed by atoms with Gasteiger partial charge in [-0.25, -0.2) is 17.6 Å². The monoisotopic (exact) mass is 407 g/mol. The van der Waals surface area contributed by atoms with Crippen LogP contribution in [0.4, 0.5) is 9.18 Å². The highest BCUT2D eigenvalue weighted by Gasteiger charge is 2.33. The Balaban J connectivity index is 1.74. The summed E-state index contributed by atoms with van der Waals surface area (Å²) in [5, 5.41) is 9.31. The van der Waals surface area contributed by atoms with Crippen LogP contribution in [0.5, 0.6) is 0 Å². The van der Waals surface area contributed by atoms with Gasteiger partial charge in [0.1, 0.15) is 5.82 Å². The van der Waals surface area contributed by atoms with Crippen LogP contribution in [0.15, 0.2) is 53.4 Å². The number of likely N-dealkylation sites (tertiary alicyclic amines) is 1. The van der Waals surface area contributed by atoms with Crippen LogP contribution in [0, 0.1) is 5.82 Å². The maximum Gasteiger partial charge on any atom is 0.407 e. The van der Waals surface area contributed by atoms with Crippen molar-refractivity contribution < 1.29 is 27.4 Å². The lowest BCUT2D eigenvalue weighted by Gasteiger charge is -2.37. The Morgan fingerprint density at radius 2 is 1.82 bits per heavy atom. The summed E-state index contributed by atoms with van der Waals surface area (Å²) in [5.74, 6) is -0.373. The zero-order valence-corrected chi connectivity index (χ0v) is 16.2. The molecular weight excluding hydrogens is 385 g/mol. The first-order chi connectivity index (χ1) is 13.2. The number of benzene rings is 2. The fourth-order valence-corrected chi connectivity index (χ4v) is 4.02. The third-order valence-corrected chi connectivity index (χ3v) is 6.07. The molecule has 0 saturated carbocycles. The highest BCUT2D eigenvalue weighted by atomic mass is 32.2. The fourth-order valence-electron chi connectivity index (χ4n) is 3.39. The lowest BCUT2D eigenvalue weighted by atomic mass is 9.87. The van der Waals surface area contributed by atoms with Gasteiger partial charge in [-0.3, -0.25) is 0 Å². The number of hydrogen-bond acceptors (Lipinski definition) is 4. The Morgan fingerprint density at radius 1 is 1.18 bits per heavy atom. The molecule has 6 nitrogen and oxygen atoms in total. The normalized spacial score (nSPS) is 20.1. The summed E-state index contributed by atoms with van der Waals surface area (Å²) in [6.45, 7) is 0.832. The maximum atomic E-state index is 13.2. The first kappa shape index (κ1) is 20.3. The third kappa shape index (κ3) is 4.88. The molecule has 3 rings (SSSR count). The van der Waals surface area contributed by atoms with Crippen LogP contribution in [0.2, 0.25) is 0 Å². The average Bonchev–Trinajstić information content (AvgIpc) is 2.66. The van der Waals surface area contributed by atoms with Gasteiger partial charge in [0.2, 0.25) is 0 Å². The van der Waals surface area contributed by atoms with E-state index in [4.69, 9.17) is 4.74 Å². The van der Waals surface area contributed by atoms with Crippen molar-refractivity contribution in [3.05, 3.63) is 65.5 Å². The molecule has 2 aromatic carbocycles. The highest BCUT2D eigenvalue weighted by molar-refractivity contribution is 7.90. The van der Waals surface area contributed by atoms with E-state index in [0.29, 0.717) is 13.0 Å². The summed E-state index contributed by atoms with van der Waals surface area (Å²) in [7, 11) is -3.26. The van der Waals surface area contributed by atoms with E-state index in [-0.39, 0.29) is 35.9 Å². The summed E-state index contributed by atoms with van der Waals surface area (Å²) >= 11 is 0. The Morgan fingerprint density at radius 3 is 2.39 bits per heavy atom. The summed E-state index contributed by atoms with van der Waals surface area (Å²) < 4.78 is 42.4. The minimum atomic E-state index is -3.26. The Bertz CT molecular complexity index is 928. The van der Waals surface area contributed by atoms with Crippen LogP contribution in [0.25, 0.3) is 0 Å². The predicted octanol–water partition coefficient (Wildman–Crippen LogP) is 3.28. The molecule has 1 N–H and O–H groups in total. The summed E-state index contributed by atoms with van der Waals surface area (Å²) in [5.41, 5.74) is 1.70. The lowest BCUT2D eigenvalue weighted by Crippen LogP contribution is -2.46. The predicted molar refractivity (Wildman–Crippen MR) is 101 cm³/mol. The molecule has 1 heterocycles. The largest absolute Gasteiger partial charge is 0.465 e. The molecule has 0 aliphatic carbocycles.